The van der Waals surface area contributed by atoms with Gasteiger partial charge in [-0.05, 0) is 18.2 Å². The second-order valence-electron chi connectivity index (χ2n) is 3.89. The lowest BCUT2D eigenvalue weighted by Crippen LogP contribution is -2.24. The monoisotopic (exact) mass is 256 g/mol. The molecule has 0 aliphatic carbocycles. The zero-order valence-corrected chi connectivity index (χ0v) is 10.3. The van der Waals surface area contributed by atoms with Crippen LogP contribution in [0.4, 0.5) is 11.4 Å². The number of carboxylic acids is 1. The highest BCUT2D eigenvalue weighted by atomic mass is 16.4. The van der Waals surface area contributed by atoms with Crippen LogP contribution in [0.1, 0.15) is 17.3 Å². The van der Waals surface area contributed by atoms with Crippen molar-refractivity contribution < 1.29 is 14.7 Å². The number of aromatic nitrogens is 1. The van der Waals surface area contributed by atoms with Crippen molar-refractivity contribution in [2.75, 3.05) is 4.90 Å². The molecule has 2 rings (SSSR count). The Balaban J connectivity index is 2.59. The van der Waals surface area contributed by atoms with Crippen molar-refractivity contribution >= 4 is 23.3 Å². The molecular weight excluding hydrogens is 244 g/mol. The van der Waals surface area contributed by atoms with Gasteiger partial charge in [0.15, 0.2) is 0 Å². The van der Waals surface area contributed by atoms with Gasteiger partial charge in [-0.1, -0.05) is 18.2 Å². The summed E-state index contributed by atoms with van der Waals surface area (Å²) in [6, 6.07) is 10.4. The van der Waals surface area contributed by atoms with Crippen LogP contribution in [0.15, 0.2) is 48.8 Å². The molecule has 0 bridgehead atoms. The molecule has 5 nitrogen and oxygen atoms in total. The van der Waals surface area contributed by atoms with E-state index in [2.05, 4.69) is 4.98 Å². The Morgan fingerprint density at radius 1 is 1.16 bits per heavy atom. The molecule has 19 heavy (non-hydrogen) atoms. The smallest absolute Gasteiger partial charge is 0.339 e. The van der Waals surface area contributed by atoms with E-state index in [1.165, 1.54) is 30.3 Å². The number of para-hydroxylation sites is 1. The third kappa shape index (κ3) is 2.60. The van der Waals surface area contributed by atoms with E-state index in [0.29, 0.717) is 11.4 Å². The van der Waals surface area contributed by atoms with E-state index in [-0.39, 0.29) is 11.5 Å². The predicted octanol–water partition coefficient (Wildman–Crippen LogP) is 2.46. The SMILES string of the molecule is CC(=O)N(c1ccccc1)c1ccncc1C(=O)O. The normalized spacial score (nSPS) is 9.95. The maximum Gasteiger partial charge on any atom is 0.339 e. The van der Waals surface area contributed by atoms with Crippen molar-refractivity contribution in [1.29, 1.82) is 0 Å². The minimum Gasteiger partial charge on any atom is -0.478 e. The third-order valence-electron chi connectivity index (χ3n) is 2.60. The molecule has 0 aliphatic rings. The van der Waals surface area contributed by atoms with Crippen LogP contribution >= 0.6 is 0 Å². The summed E-state index contributed by atoms with van der Waals surface area (Å²) in [5.41, 5.74) is 0.909. The number of amides is 1. The first-order valence-electron chi connectivity index (χ1n) is 5.64. The molecule has 0 fully saturated rings. The van der Waals surface area contributed by atoms with Crippen molar-refractivity contribution in [3.05, 3.63) is 54.4 Å². The van der Waals surface area contributed by atoms with Gasteiger partial charge in [0.05, 0.1) is 5.69 Å². The van der Waals surface area contributed by atoms with E-state index in [4.69, 9.17) is 5.11 Å². The quantitative estimate of drug-likeness (QED) is 0.915. The van der Waals surface area contributed by atoms with Crippen LogP contribution in [0.25, 0.3) is 0 Å². The number of carbonyl (C=O) groups is 2. The van der Waals surface area contributed by atoms with E-state index < -0.39 is 5.97 Å². The molecule has 0 saturated carbocycles. The standard InChI is InChI=1S/C14H12N2O3/c1-10(17)16(11-5-3-2-4-6-11)13-7-8-15-9-12(13)14(18)19/h2-9H,1H3,(H,18,19). The summed E-state index contributed by atoms with van der Waals surface area (Å²) in [5.74, 6) is -1.38. The zero-order chi connectivity index (χ0) is 13.8. The van der Waals surface area contributed by atoms with Crippen molar-refractivity contribution in [2.24, 2.45) is 0 Å². The van der Waals surface area contributed by atoms with Crippen LogP contribution < -0.4 is 4.90 Å². The van der Waals surface area contributed by atoms with Crippen molar-refractivity contribution in [1.82, 2.24) is 4.98 Å². The molecule has 1 N–H and O–H groups in total. The fourth-order valence-electron chi connectivity index (χ4n) is 1.81. The van der Waals surface area contributed by atoms with Crippen molar-refractivity contribution in [3.63, 3.8) is 0 Å². The number of carboxylic acid groups (broad SMARTS) is 1. The minimum atomic E-state index is -1.12. The fourth-order valence-corrected chi connectivity index (χ4v) is 1.81. The fraction of sp³-hybridized carbons (Fsp3) is 0.0714. The van der Waals surface area contributed by atoms with Gasteiger partial charge in [-0.2, -0.15) is 0 Å². The maximum absolute atomic E-state index is 11.8. The van der Waals surface area contributed by atoms with Gasteiger partial charge in [-0.3, -0.25) is 14.7 Å². The highest BCUT2D eigenvalue weighted by Gasteiger charge is 2.20. The third-order valence-corrected chi connectivity index (χ3v) is 2.60. The molecule has 1 aromatic heterocycles. The lowest BCUT2D eigenvalue weighted by Gasteiger charge is -2.22. The molecule has 0 aliphatic heterocycles. The van der Waals surface area contributed by atoms with Crippen LogP contribution in [0, 0.1) is 0 Å². The molecular formula is C14H12N2O3. The van der Waals surface area contributed by atoms with Crippen LogP contribution in [-0.2, 0) is 4.79 Å². The first-order valence-corrected chi connectivity index (χ1v) is 5.64. The summed E-state index contributed by atoms with van der Waals surface area (Å²) < 4.78 is 0. The molecule has 1 amide bonds. The number of carbonyl (C=O) groups excluding carboxylic acids is 1. The number of hydrogen-bond donors (Lipinski definition) is 1. The average molecular weight is 256 g/mol. The first-order chi connectivity index (χ1) is 9.11. The Hall–Kier alpha value is -2.69. The lowest BCUT2D eigenvalue weighted by molar-refractivity contribution is -0.115. The van der Waals surface area contributed by atoms with Crippen LogP contribution in [0.5, 0.6) is 0 Å². The molecule has 0 spiro atoms. The predicted molar refractivity (Wildman–Crippen MR) is 70.5 cm³/mol. The summed E-state index contributed by atoms with van der Waals surface area (Å²) in [7, 11) is 0. The van der Waals surface area contributed by atoms with E-state index >= 15 is 0 Å². The number of hydrogen-bond acceptors (Lipinski definition) is 3. The summed E-state index contributed by atoms with van der Waals surface area (Å²) in [6.07, 6.45) is 2.69. The lowest BCUT2D eigenvalue weighted by atomic mass is 10.2. The number of pyridine rings is 1. The number of aromatic carboxylic acids is 1. The topological polar surface area (TPSA) is 70.5 Å². The molecule has 2 aromatic rings. The number of anilines is 2. The van der Waals surface area contributed by atoms with Gasteiger partial charge in [-0.15, -0.1) is 0 Å². The molecule has 1 heterocycles. The van der Waals surface area contributed by atoms with E-state index in [1.807, 2.05) is 6.07 Å². The largest absolute Gasteiger partial charge is 0.478 e. The molecule has 0 saturated heterocycles. The van der Waals surface area contributed by atoms with Crippen LogP contribution in [0.3, 0.4) is 0 Å². The number of nitrogens with zero attached hydrogens (tertiary/aromatic N) is 2. The Bertz CT molecular complexity index is 611. The molecule has 5 heteroatoms. The van der Waals surface area contributed by atoms with Gasteiger partial charge in [0.1, 0.15) is 5.56 Å². The molecule has 0 unspecified atom stereocenters. The second kappa shape index (κ2) is 5.30. The van der Waals surface area contributed by atoms with Gasteiger partial charge >= 0.3 is 5.97 Å². The maximum atomic E-state index is 11.8. The Kier molecular flexibility index (Phi) is 3.56. The molecule has 1 aromatic carbocycles. The van der Waals surface area contributed by atoms with Gasteiger partial charge in [0.25, 0.3) is 0 Å². The van der Waals surface area contributed by atoms with E-state index in [9.17, 15) is 9.59 Å². The highest BCUT2D eigenvalue weighted by molar-refractivity contribution is 6.05. The number of rotatable bonds is 3. The summed E-state index contributed by atoms with van der Waals surface area (Å²) in [6.45, 7) is 1.39. The second-order valence-corrected chi connectivity index (χ2v) is 3.89. The van der Waals surface area contributed by atoms with Gasteiger partial charge < -0.3 is 5.11 Å². The van der Waals surface area contributed by atoms with Gasteiger partial charge in [-0.25, -0.2) is 4.79 Å². The zero-order valence-electron chi connectivity index (χ0n) is 10.3. The summed E-state index contributed by atoms with van der Waals surface area (Å²) in [4.78, 5) is 28.2. The molecule has 0 radical (unpaired) electrons. The summed E-state index contributed by atoms with van der Waals surface area (Å²) >= 11 is 0. The van der Waals surface area contributed by atoms with Gasteiger partial charge in [0.2, 0.25) is 5.91 Å². The minimum absolute atomic E-state index is 0.0125. The van der Waals surface area contributed by atoms with Crippen molar-refractivity contribution in [2.45, 2.75) is 6.92 Å². The van der Waals surface area contributed by atoms with E-state index in [1.54, 1.807) is 24.3 Å². The Morgan fingerprint density at radius 2 is 1.84 bits per heavy atom. The molecule has 96 valence electrons. The Morgan fingerprint density at radius 3 is 2.42 bits per heavy atom. The van der Waals surface area contributed by atoms with Gasteiger partial charge in [0, 0.05) is 25.0 Å². The Labute approximate surface area is 110 Å². The van der Waals surface area contributed by atoms with Crippen molar-refractivity contribution in [3.8, 4) is 0 Å². The molecule has 0 atom stereocenters. The average Bonchev–Trinajstić information content (AvgIpc) is 2.40. The highest BCUT2D eigenvalue weighted by Crippen LogP contribution is 2.28. The van der Waals surface area contributed by atoms with Crippen LogP contribution in [-0.4, -0.2) is 22.0 Å². The van der Waals surface area contributed by atoms with Crippen LogP contribution in [0.2, 0.25) is 0 Å². The number of benzene rings is 1. The first kappa shape index (κ1) is 12.8. The van der Waals surface area contributed by atoms with E-state index in [0.717, 1.165) is 0 Å². The summed E-state index contributed by atoms with van der Waals surface area (Å²) in [5, 5.41) is 9.17.